The number of anilines is 1. The van der Waals surface area contributed by atoms with Crippen molar-refractivity contribution in [2.75, 3.05) is 24.7 Å². The maximum Gasteiger partial charge on any atom is 0.244 e. The third-order valence-electron chi connectivity index (χ3n) is 5.21. The van der Waals surface area contributed by atoms with Gasteiger partial charge in [-0.15, -0.1) is 0 Å². The van der Waals surface area contributed by atoms with Crippen molar-refractivity contribution in [1.82, 2.24) is 4.31 Å². The Labute approximate surface area is 183 Å². The highest BCUT2D eigenvalue weighted by Crippen LogP contribution is 2.34. The summed E-state index contributed by atoms with van der Waals surface area (Å²) in [6.07, 6.45) is 1.45. The van der Waals surface area contributed by atoms with Gasteiger partial charge in [-0.3, -0.25) is 0 Å². The fraction of sp³-hybridized carbons (Fsp3) is 0.368. The molecule has 4 rings (SSSR count). The second-order valence-electron chi connectivity index (χ2n) is 6.93. The minimum absolute atomic E-state index is 0.105. The zero-order valence-corrected chi connectivity index (χ0v) is 18.9. The van der Waals surface area contributed by atoms with Gasteiger partial charge in [-0.25, -0.2) is 8.42 Å². The van der Waals surface area contributed by atoms with Gasteiger partial charge in [0.15, 0.2) is 0 Å². The van der Waals surface area contributed by atoms with Crippen molar-refractivity contribution in [3.63, 3.8) is 0 Å². The molecule has 1 fully saturated rings. The maximum absolute atomic E-state index is 13.0. The highest BCUT2D eigenvalue weighted by molar-refractivity contribution is 9.10. The van der Waals surface area contributed by atoms with Crippen LogP contribution in [0.3, 0.4) is 0 Å². The molecule has 28 heavy (non-hydrogen) atoms. The van der Waals surface area contributed by atoms with Crippen LogP contribution in [0.1, 0.15) is 18.4 Å². The molecule has 150 valence electrons. The molecule has 1 saturated heterocycles. The highest BCUT2D eigenvalue weighted by atomic mass is 79.9. The standard InChI is InChI=1S/C19H19BrCl2N2O3S/c20-14-1-3-18-13(9-14)11-27-12-24(18)16-5-7-23(8-6-16)28(25,26)19-4-2-15(21)10-17(19)22/h1-4,9-10,16H,5-8,11-12H2. The normalized spacial score (nSPS) is 18.9. The van der Waals surface area contributed by atoms with Gasteiger partial charge in [0.05, 0.1) is 11.6 Å². The number of hydrogen-bond acceptors (Lipinski definition) is 4. The van der Waals surface area contributed by atoms with Gasteiger partial charge in [0.1, 0.15) is 11.6 Å². The van der Waals surface area contributed by atoms with Crippen molar-refractivity contribution in [2.45, 2.75) is 30.4 Å². The average molecular weight is 506 g/mol. The van der Waals surface area contributed by atoms with E-state index in [4.69, 9.17) is 27.9 Å². The minimum Gasteiger partial charge on any atom is -0.356 e. The molecule has 0 amide bonds. The van der Waals surface area contributed by atoms with Crippen LogP contribution in [-0.2, 0) is 21.4 Å². The Morgan fingerprint density at radius 1 is 1.07 bits per heavy atom. The largest absolute Gasteiger partial charge is 0.356 e. The molecule has 0 radical (unpaired) electrons. The van der Waals surface area contributed by atoms with Gasteiger partial charge >= 0.3 is 0 Å². The van der Waals surface area contributed by atoms with E-state index < -0.39 is 10.0 Å². The average Bonchev–Trinajstić information content (AvgIpc) is 2.67. The van der Waals surface area contributed by atoms with E-state index in [-0.39, 0.29) is 16.0 Å². The number of sulfonamides is 1. The van der Waals surface area contributed by atoms with E-state index in [2.05, 4.69) is 33.0 Å². The van der Waals surface area contributed by atoms with Crippen LogP contribution in [0.15, 0.2) is 45.8 Å². The Kier molecular flexibility index (Phi) is 5.93. The first-order chi connectivity index (χ1) is 13.4. The molecule has 5 nitrogen and oxygen atoms in total. The van der Waals surface area contributed by atoms with Crippen LogP contribution in [0.2, 0.25) is 10.0 Å². The molecule has 0 saturated carbocycles. The van der Waals surface area contributed by atoms with Crippen molar-refractivity contribution >= 4 is 54.8 Å². The lowest BCUT2D eigenvalue weighted by Gasteiger charge is -2.41. The number of benzene rings is 2. The molecule has 0 unspecified atom stereocenters. The Balaban J connectivity index is 1.50. The molecule has 0 atom stereocenters. The molecule has 0 N–H and O–H groups in total. The molecule has 0 spiro atoms. The van der Waals surface area contributed by atoms with Crippen molar-refractivity contribution in [3.8, 4) is 0 Å². The summed E-state index contributed by atoms with van der Waals surface area (Å²) in [5, 5.41) is 0.566. The number of fused-ring (bicyclic) bond motifs is 1. The second kappa shape index (κ2) is 8.13. The summed E-state index contributed by atoms with van der Waals surface area (Å²) in [5.41, 5.74) is 2.31. The van der Waals surface area contributed by atoms with Gasteiger partial charge in [-0.05, 0) is 49.2 Å². The summed E-state index contributed by atoms with van der Waals surface area (Å²) in [4.78, 5) is 2.35. The molecule has 2 heterocycles. The maximum atomic E-state index is 13.0. The predicted octanol–water partition coefficient (Wildman–Crippen LogP) is 4.90. The first kappa shape index (κ1) is 20.4. The van der Waals surface area contributed by atoms with Crippen LogP contribution in [0, 0.1) is 0 Å². The highest BCUT2D eigenvalue weighted by Gasteiger charge is 2.34. The van der Waals surface area contributed by atoms with Crippen LogP contribution < -0.4 is 4.90 Å². The van der Waals surface area contributed by atoms with Crippen molar-refractivity contribution in [1.29, 1.82) is 0 Å². The van der Waals surface area contributed by atoms with Gasteiger partial charge in [0, 0.05) is 39.9 Å². The molecule has 0 aliphatic carbocycles. The lowest BCUT2D eigenvalue weighted by molar-refractivity contribution is 0.0987. The Morgan fingerprint density at radius 2 is 1.82 bits per heavy atom. The number of halogens is 3. The fourth-order valence-electron chi connectivity index (χ4n) is 3.79. The number of nitrogens with zero attached hydrogens (tertiary/aromatic N) is 2. The van der Waals surface area contributed by atoms with E-state index in [0.29, 0.717) is 31.4 Å². The van der Waals surface area contributed by atoms with Crippen molar-refractivity contribution in [3.05, 3.63) is 56.5 Å². The molecular formula is C19H19BrCl2N2O3S. The number of piperidine rings is 1. The summed E-state index contributed by atoms with van der Waals surface area (Å²) < 4.78 is 34.3. The molecule has 0 aromatic heterocycles. The van der Waals surface area contributed by atoms with Gasteiger partial charge in [-0.2, -0.15) is 4.31 Å². The second-order valence-corrected chi connectivity index (χ2v) is 10.6. The van der Waals surface area contributed by atoms with E-state index in [0.717, 1.165) is 28.6 Å². The summed E-state index contributed by atoms with van der Waals surface area (Å²) >= 11 is 15.5. The molecular weight excluding hydrogens is 487 g/mol. The summed E-state index contributed by atoms with van der Waals surface area (Å²) in [5.74, 6) is 0. The Morgan fingerprint density at radius 3 is 2.54 bits per heavy atom. The van der Waals surface area contributed by atoms with Gasteiger partial charge in [-0.1, -0.05) is 39.1 Å². The summed E-state index contributed by atoms with van der Waals surface area (Å²) in [6.45, 7) is 1.99. The molecule has 9 heteroatoms. The first-order valence-electron chi connectivity index (χ1n) is 8.94. The summed E-state index contributed by atoms with van der Waals surface area (Å²) in [7, 11) is -3.64. The number of rotatable bonds is 3. The Hall–Kier alpha value is -0.830. The van der Waals surface area contributed by atoms with E-state index in [9.17, 15) is 8.42 Å². The molecule has 2 aromatic rings. The SMILES string of the molecule is O=S(=O)(c1ccc(Cl)cc1Cl)N1CCC(N2COCc3cc(Br)ccc32)CC1. The van der Waals surface area contributed by atoms with Crippen molar-refractivity contribution < 1.29 is 13.2 Å². The van der Waals surface area contributed by atoms with Gasteiger partial charge in [0.25, 0.3) is 0 Å². The molecule has 0 bridgehead atoms. The lowest BCUT2D eigenvalue weighted by Crippen LogP contribution is -2.48. The zero-order chi connectivity index (χ0) is 19.9. The van der Waals surface area contributed by atoms with Crippen molar-refractivity contribution in [2.24, 2.45) is 0 Å². The number of hydrogen-bond donors (Lipinski definition) is 0. The first-order valence-corrected chi connectivity index (χ1v) is 11.9. The molecule has 2 aliphatic heterocycles. The van der Waals surface area contributed by atoms with Crippen LogP contribution in [-0.4, -0.2) is 38.6 Å². The third-order valence-corrected chi connectivity index (χ3v) is 8.32. The monoisotopic (exact) mass is 504 g/mol. The van der Waals surface area contributed by atoms with Crippen LogP contribution in [0.4, 0.5) is 5.69 Å². The Bertz CT molecular complexity index is 995. The third kappa shape index (κ3) is 3.93. The smallest absolute Gasteiger partial charge is 0.244 e. The predicted molar refractivity (Wildman–Crippen MR) is 115 cm³/mol. The number of ether oxygens (including phenoxy) is 1. The molecule has 2 aliphatic rings. The quantitative estimate of drug-likeness (QED) is 0.595. The zero-order valence-electron chi connectivity index (χ0n) is 14.9. The van der Waals surface area contributed by atoms with E-state index in [1.807, 2.05) is 6.07 Å². The van der Waals surface area contributed by atoms with Crippen LogP contribution in [0.25, 0.3) is 0 Å². The van der Waals surface area contributed by atoms with E-state index >= 15 is 0 Å². The fourth-order valence-corrected chi connectivity index (χ4v) is 6.42. The van der Waals surface area contributed by atoms with Crippen LogP contribution in [0.5, 0.6) is 0 Å². The van der Waals surface area contributed by atoms with Gasteiger partial charge in [0.2, 0.25) is 10.0 Å². The van der Waals surface area contributed by atoms with E-state index in [1.165, 1.54) is 16.4 Å². The van der Waals surface area contributed by atoms with E-state index in [1.54, 1.807) is 6.07 Å². The topological polar surface area (TPSA) is 49.9 Å². The lowest BCUT2D eigenvalue weighted by atomic mass is 10.0. The van der Waals surface area contributed by atoms with Gasteiger partial charge < -0.3 is 9.64 Å². The summed E-state index contributed by atoms with van der Waals surface area (Å²) in [6, 6.07) is 10.9. The van der Waals surface area contributed by atoms with Crippen LogP contribution >= 0.6 is 39.1 Å². The minimum atomic E-state index is -3.64. The molecule has 2 aromatic carbocycles.